The van der Waals surface area contributed by atoms with Crippen molar-refractivity contribution in [3.8, 4) is 0 Å². The number of carbonyl (C=O) groups is 2. The van der Waals surface area contributed by atoms with Gasteiger partial charge in [-0.05, 0) is 24.0 Å². The van der Waals surface area contributed by atoms with E-state index in [4.69, 9.17) is 4.74 Å². The summed E-state index contributed by atoms with van der Waals surface area (Å²) >= 11 is 0. The first-order chi connectivity index (χ1) is 13.7. The van der Waals surface area contributed by atoms with Gasteiger partial charge in [-0.3, -0.25) is 14.6 Å². The number of carbonyl (C=O) groups excluding carboxylic acids is 2. The Hall–Kier alpha value is -2.80. The maximum atomic E-state index is 12.7. The molecule has 0 atom stereocenters. The van der Waals surface area contributed by atoms with E-state index in [0.717, 1.165) is 13.0 Å². The van der Waals surface area contributed by atoms with E-state index in [2.05, 4.69) is 22.1 Å². The Labute approximate surface area is 165 Å². The van der Waals surface area contributed by atoms with Gasteiger partial charge in [-0.2, -0.15) is 0 Å². The molecule has 0 saturated heterocycles. The van der Waals surface area contributed by atoms with Crippen LogP contribution in [0, 0.1) is 0 Å². The van der Waals surface area contributed by atoms with Gasteiger partial charge in [-0.1, -0.05) is 24.3 Å². The Kier molecular flexibility index (Phi) is 7.08. The smallest absolute Gasteiger partial charge is 0.274 e. The van der Waals surface area contributed by atoms with Crippen LogP contribution in [0.25, 0.3) is 0 Å². The van der Waals surface area contributed by atoms with Gasteiger partial charge in [0.25, 0.3) is 5.91 Å². The van der Waals surface area contributed by atoms with Gasteiger partial charge < -0.3 is 14.5 Å². The number of aromatic nitrogens is 2. The van der Waals surface area contributed by atoms with Crippen molar-refractivity contribution in [2.45, 2.75) is 25.8 Å². The van der Waals surface area contributed by atoms with Crippen LogP contribution >= 0.6 is 0 Å². The number of hydrogen-bond donors (Lipinski definition) is 0. The molecule has 0 unspecified atom stereocenters. The molecule has 0 radical (unpaired) electrons. The lowest BCUT2D eigenvalue weighted by Crippen LogP contribution is -2.40. The van der Waals surface area contributed by atoms with Crippen molar-refractivity contribution in [2.75, 3.05) is 33.4 Å². The predicted molar refractivity (Wildman–Crippen MR) is 105 cm³/mol. The average Bonchev–Trinajstić information content (AvgIpc) is 2.75. The third-order valence-electron chi connectivity index (χ3n) is 4.92. The second-order valence-electron chi connectivity index (χ2n) is 6.81. The quantitative estimate of drug-likeness (QED) is 0.652. The highest BCUT2D eigenvalue weighted by molar-refractivity contribution is 5.92. The summed E-state index contributed by atoms with van der Waals surface area (Å²) in [5.74, 6) is -0.140. The summed E-state index contributed by atoms with van der Waals surface area (Å²) in [7, 11) is 1.63. The molecule has 0 N–H and O–H groups in total. The van der Waals surface area contributed by atoms with E-state index in [1.807, 2.05) is 17.0 Å². The minimum atomic E-state index is -0.207. The second-order valence-corrected chi connectivity index (χ2v) is 6.81. The SMILES string of the molecule is COCCCN(CCC(=O)N1CCc2ccccc2C1)C(=O)c1cnccn1. The molecule has 28 heavy (non-hydrogen) atoms. The monoisotopic (exact) mass is 382 g/mol. The molecule has 148 valence electrons. The molecule has 0 bridgehead atoms. The number of methoxy groups -OCH3 is 1. The van der Waals surface area contributed by atoms with Crippen molar-refractivity contribution in [2.24, 2.45) is 0 Å². The molecule has 7 heteroatoms. The maximum absolute atomic E-state index is 12.7. The van der Waals surface area contributed by atoms with Crippen molar-refractivity contribution in [3.63, 3.8) is 0 Å². The minimum Gasteiger partial charge on any atom is -0.385 e. The topological polar surface area (TPSA) is 75.6 Å². The highest BCUT2D eigenvalue weighted by Gasteiger charge is 2.23. The molecular weight excluding hydrogens is 356 g/mol. The first-order valence-corrected chi connectivity index (χ1v) is 9.58. The Morgan fingerprint density at radius 3 is 2.75 bits per heavy atom. The van der Waals surface area contributed by atoms with Crippen LogP contribution in [0.1, 0.15) is 34.5 Å². The van der Waals surface area contributed by atoms with Crippen LogP contribution in [0.15, 0.2) is 42.9 Å². The standard InChI is InChI=1S/C21H26N4O3/c1-28-14-4-11-24(21(27)19-15-22-9-10-23-19)13-8-20(26)25-12-7-17-5-2-3-6-18(17)16-25/h2-3,5-6,9-10,15H,4,7-8,11-14,16H2,1H3. The summed E-state index contributed by atoms with van der Waals surface area (Å²) in [5, 5.41) is 0. The lowest BCUT2D eigenvalue weighted by Gasteiger charge is -2.30. The van der Waals surface area contributed by atoms with Crippen LogP contribution < -0.4 is 0 Å². The number of ether oxygens (including phenoxy) is 1. The van der Waals surface area contributed by atoms with Crippen LogP contribution in [-0.4, -0.2) is 64.9 Å². The molecule has 3 rings (SSSR count). The highest BCUT2D eigenvalue weighted by atomic mass is 16.5. The Balaban J connectivity index is 1.59. The fourth-order valence-electron chi connectivity index (χ4n) is 3.38. The van der Waals surface area contributed by atoms with Crippen LogP contribution in [0.4, 0.5) is 0 Å². The van der Waals surface area contributed by atoms with Gasteiger partial charge in [-0.15, -0.1) is 0 Å². The number of nitrogens with zero attached hydrogens (tertiary/aromatic N) is 4. The number of fused-ring (bicyclic) bond motifs is 1. The van der Waals surface area contributed by atoms with Gasteiger partial charge >= 0.3 is 0 Å². The average molecular weight is 382 g/mol. The molecular formula is C21H26N4O3. The van der Waals surface area contributed by atoms with Crippen LogP contribution in [-0.2, 0) is 22.5 Å². The van der Waals surface area contributed by atoms with Crippen LogP contribution in [0.3, 0.4) is 0 Å². The van der Waals surface area contributed by atoms with Crippen molar-refractivity contribution in [1.29, 1.82) is 0 Å². The van der Waals surface area contributed by atoms with E-state index >= 15 is 0 Å². The van der Waals surface area contributed by atoms with E-state index in [1.54, 1.807) is 12.0 Å². The Morgan fingerprint density at radius 2 is 2.00 bits per heavy atom. The first-order valence-electron chi connectivity index (χ1n) is 9.58. The van der Waals surface area contributed by atoms with E-state index in [0.29, 0.717) is 44.8 Å². The van der Waals surface area contributed by atoms with Gasteiger partial charge in [0.1, 0.15) is 5.69 Å². The molecule has 1 aliphatic rings. The normalized spacial score (nSPS) is 13.1. The zero-order valence-electron chi connectivity index (χ0n) is 16.2. The fourth-order valence-corrected chi connectivity index (χ4v) is 3.38. The molecule has 0 fully saturated rings. The second kappa shape index (κ2) is 9.94. The van der Waals surface area contributed by atoms with E-state index in [9.17, 15) is 9.59 Å². The van der Waals surface area contributed by atoms with Gasteiger partial charge in [-0.25, -0.2) is 4.98 Å². The highest BCUT2D eigenvalue weighted by Crippen LogP contribution is 2.19. The molecule has 2 heterocycles. The summed E-state index contributed by atoms with van der Waals surface area (Å²) in [6.45, 7) is 2.78. The first kappa shape index (κ1) is 19.9. The maximum Gasteiger partial charge on any atom is 0.274 e. The zero-order chi connectivity index (χ0) is 19.8. The zero-order valence-corrected chi connectivity index (χ0v) is 16.2. The third kappa shape index (κ3) is 5.13. The molecule has 0 aliphatic carbocycles. The molecule has 1 aliphatic heterocycles. The van der Waals surface area contributed by atoms with Gasteiger partial charge in [0.2, 0.25) is 5.91 Å². The van der Waals surface area contributed by atoms with Crippen molar-refractivity contribution in [1.82, 2.24) is 19.8 Å². The lowest BCUT2D eigenvalue weighted by molar-refractivity contribution is -0.132. The number of amides is 2. The Morgan fingerprint density at radius 1 is 1.18 bits per heavy atom. The number of benzene rings is 1. The largest absolute Gasteiger partial charge is 0.385 e. The van der Waals surface area contributed by atoms with E-state index in [-0.39, 0.29) is 11.8 Å². The summed E-state index contributed by atoms with van der Waals surface area (Å²) < 4.78 is 5.09. The van der Waals surface area contributed by atoms with E-state index < -0.39 is 0 Å². The molecule has 1 aromatic heterocycles. The van der Waals surface area contributed by atoms with Crippen molar-refractivity contribution in [3.05, 3.63) is 59.7 Å². The van der Waals surface area contributed by atoms with Crippen molar-refractivity contribution < 1.29 is 14.3 Å². The summed E-state index contributed by atoms with van der Waals surface area (Å²) in [6, 6.07) is 8.23. The molecule has 2 amide bonds. The summed E-state index contributed by atoms with van der Waals surface area (Å²) in [5.41, 5.74) is 2.81. The molecule has 0 spiro atoms. The van der Waals surface area contributed by atoms with Crippen LogP contribution in [0.2, 0.25) is 0 Å². The predicted octanol–water partition coefficient (Wildman–Crippen LogP) is 1.93. The fraction of sp³-hybridized carbons (Fsp3) is 0.429. The summed E-state index contributed by atoms with van der Waals surface area (Å²) in [4.78, 5) is 37.1. The Bertz CT molecular complexity index is 797. The third-order valence-corrected chi connectivity index (χ3v) is 4.92. The van der Waals surface area contributed by atoms with E-state index in [1.165, 1.54) is 29.7 Å². The molecule has 7 nitrogen and oxygen atoms in total. The van der Waals surface area contributed by atoms with Gasteiger partial charge in [0.15, 0.2) is 0 Å². The lowest BCUT2D eigenvalue weighted by atomic mass is 10.00. The molecule has 1 aromatic carbocycles. The number of hydrogen-bond acceptors (Lipinski definition) is 5. The van der Waals surface area contributed by atoms with Crippen LogP contribution in [0.5, 0.6) is 0 Å². The van der Waals surface area contributed by atoms with Crippen molar-refractivity contribution >= 4 is 11.8 Å². The molecule has 0 saturated carbocycles. The molecule has 2 aromatic rings. The number of rotatable bonds is 8. The minimum absolute atomic E-state index is 0.0678. The van der Waals surface area contributed by atoms with Gasteiger partial charge in [0, 0.05) is 58.7 Å². The summed E-state index contributed by atoms with van der Waals surface area (Å²) in [6.07, 6.45) is 6.35. The van der Waals surface area contributed by atoms with Gasteiger partial charge in [0.05, 0.1) is 6.20 Å².